The molecular weight excluding hydrogens is 354 g/mol. The highest BCUT2D eigenvalue weighted by molar-refractivity contribution is 5.87. The van der Waals surface area contributed by atoms with E-state index in [1.54, 1.807) is 18.2 Å². The Balaban J connectivity index is 2.52. The van der Waals surface area contributed by atoms with Crippen LogP contribution in [0, 0.1) is 11.3 Å². The molecule has 27 heavy (non-hydrogen) atoms. The van der Waals surface area contributed by atoms with Crippen molar-refractivity contribution in [3.63, 3.8) is 0 Å². The van der Waals surface area contributed by atoms with Gasteiger partial charge in [0, 0.05) is 20.2 Å². The molecular formula is C18H17N3O6. The van der Waals surface area contributed by atoms with Crippen molar-refractivity contribution in [1.82, 2.24) is 9.13 Å². The van der Waals surface area contributed by atoms with Gasteiger partial charge in [-0.05, 0) is 23.8 Å². The highest BCUT2D eigenvalue weighted by Crippen LogP contribution is 2.32. The number of benzene rings is 1. The van der Waals surface area contributed by atoms with Crippen molar-refractivity contribution in [2.75, 3.05) is 14.2 Å². The largest absolute Gasteiger partial charge is 0.493 e. The number of nitrogens with zero attached hydrogens (tertiary/aromatic N) is 3. The number of aromatic nitrogens is 2. The molecule has 2 aromatic rings. The normalized spacial score (nSPS) is 10.5. The predicted octanol–water partition coefficient (Wildman–Crippen LogP) is 0.943. The number of hydrogen-bond acceptors (Lipinski definition) is 7. The van der Waals surface area contributed by atoms with Crippen LogP contribution in [0.25, 0.3) is 6.08 Å². The maximum Gasteiger partial charge on any atom is 0.333 e. The molecule has 9 nitrogen and oxygen atoms in total. The molecule has 0 bridgehead atoms. The van der Waals surface area contributed by atoms with Gasteiger partial charge in [0.05, 0.1) is 14.2 Å². The van der Waals surface area contributed by atoms with Crippen LogP contribution in [0.2, 0.25) is 0 Å². The standard InChI is InChI=1S/C18H17N3O6/c1-20-16(23)12(10-19)17(21(2)18(20)24)27-13-7-5-11(9-14(13)25-3)6-8-15(22)26-4/h5-9H,1-4H3/b8-6+. The van der Waals surface area contributed by atoms with E-state index in [4.69, 9.17) is 9.47 Å². The number of carbonyl (C=O) groups excluding carboxylic acids is 1. The lowest BCUT2D eigenvalue weighted by Gasteiger charge is -2.15. The van der Waals surface area contributed by atoms with Crippen molar-refractivity contribution in [3.05, 3.63) is 56.2 Å². The first-order chi connectivity index (χ1) is 12.8. The quantitative estimate of drug-likeness (QED) is 0.568. The van der Waals surface area contributed by atoms with Crippen molar-refractivity contribution in [3.8, 4) is 23.4 Å². The molecule has 0 aliphatic heterocycles. The molecule has 0 fully saturated rings. The Bertz CT molecular complexity index is 1070. The number of carbonyl (C=O) groups is 1. The third kappa shape index (κ3) is 3.90. The van der Waals surface area contributed by atoms with E-state index in [0.29, 0.717) is 5.56 Å². The SMILES string of the molecule is COC(=O)/C=C/c1ccc(Oc2c(C#N)c(=O)n(C)c(=O)n2C)c(OC)c1. The Morgan fingerprint density at radius 1 is 1.15 bits per heavy atom. The number of hydrogen-bond donors (Lipinski definition) is 0. The van der Waals surface area contributed by atoms with Gasteiger partial charge in [0.15, 0.2) is 17.1 Å². The topological polar surface area (TPSA) is 113 Å². The van der Waals surface area contributed by atoms with Gasteiger partial charge in [-0.15, -0.1) is 0 Å². The lowest BCUT2D eigenvalue weighted by atomic mass is 10.2. The van der Waals surface area contributed by atoms with Gasteiger partial charge in [-0.3, -0.25) is 13.9 Å². The van der Waals surface area contributed by atoms with Crippen molar-refractivity contribution in [2.24, 2.45) is 14.1 Å². The van der Waals surface area contributed by atoms with Crippen LogP contribution >= 0.6 is 0 Å². The molecule has 0 unspecified atom stereocenters. The summed E-state index contributed by atoms with van der Waals surface area (Å²) in [7, 11) is 5.34. The summed E-state index contributed by atoms with van der Waals surface area (Å²) in [6.07, 6.45) is 2.76. The van der Waals surface area contributed by atoms with Gasteiger partial charge in [-0.2, -0.15) is 5.26 Å². The first-order valence-corrected chi connectivity index (χ1v) is 7.66. The summed E-state index contributed by atoms with van der Waals surface area (Å²) in [5.74, 6) is -0.239. The third-order valence-corrected chi connectivity index (χ3v) is 3.73. The second kappa shape index (κ2) is 8.05. The molecule has 0 saturated carbocycles. The number of methoxy groups -OCH3 is 2. The van der Waals surface area contributed by atoms with E-state index in [0.717, 1.165) is 9.13 Å². The molecule has 0 saturated heterocycles. The van der Waals surface area contributed by atoms with Crippen molar-refractivity contribution in [1.29, 1.82) is 5.26 Å². The molecule has 0 aliphatic carbocycles. The molecule has 140 valence electrons. The maximum absolute atomic E-state index is 12.1. The fraction of sp³-hybridized carbons (Fsp3) is 0.222. The molecule has 9 heteroatoms. The Morgan fingerprint density at radius 2 is 1.85 bits per heavy atom. The highest BCUT2D eigenvalue weighted by atomic mass is 16.5. The second-order valence-electron chi connectivity index (χ2n) is 5.37. The van der Waals surface area contributed by atoms with Gasteiger partial charge in [0.25, 0.3) is 5.56 Å². The molecule has 0 N–H and O–H groups in total. The van der Waals surface area contributed by atoms with Gasteiger partial charge >= 0.3 is 11.7 Å². The smallest absolute Gasteiger partial charge is 0.333 e. The van der Waals surface area contributed by atoms with E-state index >= 15 is 0 Å². The van der Waals surface area contributed by atoms with Crippen LogP contribution in [0.3, 0.4) is 0 Å². The van der Waals surface area contributed by atoms with E-state index in [9.17, 15) is 19.6 Å². The van der Waals surface area contributed by atoms with Crippen LogP contribution in [-0.4, -0.2) is 29.3 Å². The van der Waals surface area contributed by atoms with Crippen molar-refractivity contribution < 1.29 is 19.0 Å². The van der Waals surface area contributed by atoms with Crippen LogP contribution in [0.5, 0.6) is 17.4 Å². The van der Waals surface area contributed by atoms with Crippen LogP contribution in [-0.2, 0) is 23.6 Å². The van der Waals surface area contributed by atoms with E-state index in [1.165, 1.54) is 46.5 Å². The highest BCUT2D eigenvalue weighted by Gasteiger charge is 2.19. The summed E-state index contributed by atoms with van der Waals surface area (Å²) >= 11 is 0. The Labute approximate surface area is 154 Å². The van der Waals surface area contributed by atoms with Crippen LogP contribution in [0.1, 0.15) is 11.1 Å². The van der Waals surface area contributed by atoms with Crippen molar-refractivity contribution >= 4 is 12.0 Å². The first kappa shape index (κ1) is 19.5. The summed E-state index contributed by atoms with van der Waals surface area (Å²) in [4.78, 5) is 35.4. The summed E-state index contributed by atoms with van der Waals surface area (Å²) in [5, 5.41) is 9.29. The number of esters is 1. The monoisotopic (exact) mass is 371 g/mol. The molecule has 0 amide bonds. The minimum atomic E-state index is -0.757. The fourth-order valence-electron chi connectivity index (χ4n) is 2.25. The number of rotatable bonds is 5. The van der Waals surface area contributed by atoms with Gasteiger partial charge in [0.2, 0.25) is 5.88 Å². The fourth-order valence-corrected chi connectivity index (χ4v) is 2.25. The maximum atomic E-state index is 12.1. The van der Waals surface area contributed by atoms with E-state index in [1.807, 2.05) is 0 Å². The Hall–Kier alpha value is -3.80. The van der Waals surface area contributed by atoms with Gasteiger partial charge < -0.3 is 14.2 Å². The molecule has 1 heterocycles. The van der Waals surface area contributed by atoms with Gasteiger partial charge in [-0.25, -0.2) is 9.59 Å². The van der Waals surface area contributed by atoms with Crippen LogP contribution < -0.4 is 20.7 Å². The van der Waals surface area contributed by atoms with Gasteiger partial charge in [0.1, 0.15) is 6.07 Å². The van der Waals surface area contributed by atoms with Crippen LogP contribution in [0.15, 0.2) is 33.9 Å². The summed E-state index contributed by atoms with van der Waals surface area (Å²) in [6, 6.07) is 6.50. The second-order valence-corrected chi connectivity index (χ2v) is 5.37. The average Bonchev–Trinajstić information content (AvgIpc) is 2.69. The first-order valence-electron chi connectivity index (χ1n) is 7.66. The molecule has 0 spiro atoms. The van der Waals surface area contributed by atoms with Gasteiger partial charge in [-0.1, -0.05) is 6.07 Å². The van der Waals surface area contributed by atoms with Crippen LogP contribution in [0.4, 0.5) is 0 Å². The third-order valence-electron chi connectivity index (χ3n) is 3.73. The molecule has 0 atom stereocenters. The minimum Gasteiger partial charge on any atom is -0.493 e. The number of ether oxygens (including phenoxy) is 3. The lowest BCUT2D eigenvalue weighted by molar-refractivity contribution is -0.134. The molecule has 0 aliphatic rings. The summed E-state index contributed by atoms with van der Waals surface area (Å²) < 4.78 is 17.3. The number of nitriles is 1. The van der Waals surface area contributed by atoms with Crippen molar-refractivity contribution in [2.45, 2.75) is 0 Å². The Morgan fingerprint density at radius 3 is 2.44 bits per heavy atom. The summed E-state index contributed by atoms with van der Waals surface area (Å²) in [5.41, 5.74) is -1.07. The molecule has 1 aromatic heterocycles. The Kier molecular flexibility index (Phi) is 5.82. The van der Waals surface area contributed by atoms with E-state index in [-0.39, 0.29) is 22.9 Å². The predicted molar refractivity (Wildman–Crippen MR) is 95.8 cm³/mol. The molecule has 2 rings (SSSR count). The lowest BCUT2D eigenvalue weighted by Crippen LogP contribution is -2.38. The average molecular weight is 371 g/mol. The van der Waals surface area contributed by atoms with E-state index in [2.05, 4.69) is 4.74 Å². The molecule has 1 aromatic carbocycles. The van der Waals surface area contributed by atoms with E-state index < -0.39 is 17.2 Å². The zero-order chi connectivity index (χ0) is 20.1. The molecule has 0 radical (unpaired) electrons. The summed E-state index contributed by atoms with van der Waals surface area (Å²) in [6.45, 7) is 0. The zero-order valence-electron chi connectivity index (χ0n) is 15.2. The minimum absolute atomic E-state index is 0.187. The zero-order valence-corrected chi connectivity index (χ0v) is 15.2.